The summed E-state index contributed by atoms with van der Waals surface area (Å²) >= 11 is 0. The predicted molar refractivity (Wildman–Crippen MR) is 115 cm³/mol. The van der Waals surface area contributed by atoms with Gasteiger partial charge in [0.15, 0.2) is 0 Å². The van der Waals surface area contributed by atoms with Crippen molar-refractivity contribution in [2.75, 3.05) is 13.2 Å². The molecule has 3 saturated carbocycles. The summed E-state index contributed by atoms with van der Waals surface area (Å²) in [5.74, 6) is 3.98. The van der Waals surface area contributed by atoms with Gasteiger partial charge in [-0.05, 0) is 99.2 Å². The molecule has 1 aromatic rings. The van der Waals surface area contributed by atoms with Crippen LogP contribution < -0.4 is 5.32 Å². The highest BCUT2D eigenvalue weighted by atomic mass is 16.5. The number of carbonyl (C=O) groups is 1. The molecule has 0 radical (unpaired) electrons. The molecular weight excluding hydrogens is 362 g/mol. The van der Waals surface area contributed by atoms with Crippen LogP contribution in [0.2, 0.25) is 0 Å². The summed E-state index contributed by atoms with van der Waals surface area (Å²) in [7, 11) is 0. The lowest BCUT2D eigenvalue weighted by atomic mass is 9.76. The molecule has 2 bridgehead atoms. The fourth-order valence-electron chi connectivity index (χ4n) is 6.39. The van der Waals surface area contributed by atoms with Gasteiger partial charge in [-0.15, -0.1) is 0 Å². The first-order valence-corrected chi connectivity index (χ1v) is 11.1. The molecule has 6 unspecified atom stereocenters. The molecule has 4 nitrogen and oxygen atoms in total. The summed E-state index contributed by atoms with van der Waals surface area (Å²) in [6.07, 6.45) is 4.50. The van der Waals surface area contributed by atoms with Gasteiger partial charge in [-0.1, -0.05) is 30.4 Å². The van der Waals surface area contributed by atoms with E-state index in [2.05, 4.69) is 18.0 Å². The Morgan fingerprint density at radius 1 is 1.21 bits per heavy atom. The Balaban J connectivity index is 1.32. The maximum Gasteiger partial charge on any atom is 0.407 e. The minimum Gasteiger partial charge on any atom is -0.449 e. The first kappa shape index (κ1) is 20.5. The smallest absolute Gasteiger partial charge is 0.407 e. The fourth-order valence-corrected chi connectivity index (χ4v) is 6.39. The lowest BCUT2D eigenvalue weighted by molar-refractivity contribution is 0.0820. The van der Waals surface area contributed by atoms with Crippen molar-refractivity contribution in [1.82, 2.24) is 5.32 Å². The van der Waals surface area contributed by atoms with E-state index in [1.165, 1.54) is 19.3 Å². The van der Waals surface area contributed by atoms with Gasteiger partial charge in [-0.2, -0.15) is 0 Å². The molecule has 1 amide bonds. The normalized spacial score (nSPS) is 32.8. The van der Waals surface area contributed by atoms with Crippen LogP contribution >= 0.6 is 0 Å². The number of fused-ring (bicyclic) bond motifs is 5. The molecule has 29 heavy (non-hydrogen) atoms. The van der Waals surface area contributed by atoms with E-state index in [9.17, 15) is 9.90 Å². The van der Waals surface area contributed by atoms with Gasteiger partial charge in [0.2, 0.25) is 0 Å². The Morgan fingerprint density at radius 2 is 1.97 bits per heavy atom. The molecule has 2 N–H and O–H groups in total. The average molecular weight is 398 g/mol. The largest absolute Gasteiger partial charge is 0.449 e. The lowest BCUT2D eigenvalue weighted by Crippen LogP contribution is -2.42. The van der Waals surface area contributed by atoms with E-state index in [0.29, 0.717) is 31.0 Å². The number of allylic oxidation sites excluding steroid dienone is 1. The van der Waals surface area contributed by atoms with Crippen LogP contribution in [0.15, 0.2) is 30.8 Å². The highest BCUT2D eigenvalue weighted by Crippen LogP contribution is 2.62. The van der Waals surface area contributed by atoms with Crippen LogP contribution in [0.1, 0.15) is 57.6 Å². The fraction of sp³-hybridized carbons (Fsp3) is 0.640. The van der Waals surface area contributed by atoms with Crippen LogP contribution in [0.3, 0.4) is 0 Å². The molecule has 0 saturated heterocycles. The topological polar surface area (TPSA) is 58.6 Å². The van der Waals surface area contributed by atoms with E-state index in [0.717, 1.165) is 40.9 Å². The predicted octanol–water partition coefficient (Wildman–Crippen LogP) is 4.97. The molecule has 0 aromatic heterocycles. The van der Waals surface area contributed by atoms with Gasteiger partial charge in [0.05, 0.1) is 12.1 Å². The Bertz CT molecular complexity index is 786. The SMILES string of the molecule is C=C(C)c1cccc(C(C)(C)NC(=O)OCC2CC3CC2C2CC(CO)CC32)c1. The van der Waals surface area contributed by atoms with Gasteiger partial charge in [0.1, 0.15) is 0 Å². The van der Waals surface area contributed by atoms with E-state index in [1.54, 1.807) is 0 Å². The standard InChI is InChI=1S/C25H35NO3/c1-15(2)17-6-5-7-20(11-17)25(3,4)26-24(28)29-14-19-10-18-12-22(19)23-9-16(13-27)8-21(18)23/h5-7,11,16,18-19,21-23,27H,1,8-10,12-14H2,2-4H3,(H,26,28). The Morgan fingerprint density at radius 3 is 2.69 bits per heavy atom. The van der Waals surface area contributed by atoms with E-state index in [-0.39, 0.29) is 6.09 Å². The van der Waals surface area contributed by atoms with Gasteiger partial charge in [0, 0.05) is 6.61 Å². The molecule has 3 aliphatic carbocycles. The summed E-state index contributed by atoms with van der Waals surface area (Å²) in [5, 5.41) is 12.6. The van der Waals surface area contributed by atoms with Crippen molar-refractivity contribution < 1.29 is 14.6 Å². The monoisotopic (exact) mass is 397 g/mol. The number of aliphatic hydroxyl groups is 1. The second kappa shape index (κ2) is 7.79. The van der Waals surface area contributed by atoms with Crippen molar-refractivity contribution >= 4 is 11.7 Å². The number of amides is 1. The molecule has 0 aliphatic heterocycles. The summed E-state index contributed by atoms with van der Waals surface area (Å²) in [5.41, 5.74) is 2.62. The molecule has 0 spiro atoms. The van der Waals surface area contributed by atoms with Crippen molar-refractivity contribution in [3.05, 3.63) is 42.0 Å². The second-order valence-corrected chi connectivity index (χ2v) is 10.2. The van der Waals surface area contributed by atoms with Crippen LogP contribution in [0, 0.1) is 35.5 Å². The highest BCUT2D eigenvalue weighted by molar-refractivity contribution is 5.69. The number of hydrogen-bond acceptors (Lipinski definition) is 3. The molecule has 0 heterocycles. The van der Waals surface area contributed by atoms with Crippen molar-refractivity contribution in [3.8, 4) is 0 Å². The van der Waals surface area contributed by atoms with E-state index in [4.69, 9.17) is 4.74 Å². The number of rotatable bonds is 6. The van der Waals surface area contributed by atoms with Crippen LogP contribution in [-0.2, 0) is 10.3 Å². The van der Waals surface area contributed by atoms with E-state index < -0.39 is 5.54 Å². The molecule has 3 fully saturated rings. The van der Waals surface area contributed by atoms with E-state index in [1.807, 2.05) is 39.0 Å². The molecular formula is C25H35NO3. The Hall–Kier alpha value is -1.81. The molecule has 6 atom stereocenters. The summed E-state index contributed by atoms with van der Waals surface area (Å²) in [4.78, 5) is 12.6. The van der Waals surface area contributed by atoms with Crippen molar-refractivity contribution in [1.29, 1.82) is 0 Å². The lowest BCUT2D eigenvalue weighted by Gasteiger charge is -2.32. The summed E-state index contributed by atoms with van der Waals surface area (Å²) < 4.78 is 5.70. The number of ether oxygens (including phenoxy) is 1. The van der Waals surface area contributed by atoms with Crippen molar-refractivity contribution in [2.45, 2.75) is 52.0 Å². The van der Waals surface area contributed by atoms with Crippen LogP contribution in [0.4, 0.5) is 4.79 Å². The van der Waals surface area contributed by atoms with Crippen LogP contribution in [0.25, 0.3) is 5.57 Å². The molecule has 158 valence electrons. The third-order valence-electron chi connectivity index (χ3n) is 7.88. The third-order valence-corrected chi connectivity index (χ3v) is 7.88. The third kappa shape index (κ3) is 3.96. The number of aliphatic hydroxyl groups excluding tert-OH is 1. The number of nitrogens with one attached hydrogen (secondary N) is 1. The quantitative estimate of drug-likeness (QED) is 0.712. The van der Waals surface area contributed by atoms with Crippen LogP contribution in [-0.4, -0.2) is 24.4 Å². The first-order valence-electron chi connectivity index (χ1n) is 11.1. The zero-order valence-electron chi connectivity index (χ0n) is 18.0. The minimum atomic E-state index is -0.512. The maximum absolute atomic E-state index is 12.6. The zero-order chi connectivity index (χ0) is 20.8. The van der Waals surface area contributed by atoms with Gasteiger partial charge < -0.3 is 15.2 Å². The molecule has 3 aliphatic rings. The van der Waals surface area contributed by atoms with Gasteiger partial charge in [-0.25, -0.2) is 4.79 Å². The summed E-state index contributed by atoms with van der Waals surface area (Å²) in [6, 6.07) is 8.14. The molecule has 4 rings (SSSR count). The van der Waals surface area contributed by atoms with Gasteiger partial charge in [0.25, 0.3) is 0 Å². The van der Waals surface area contributed by atoms with Crippen molar-refractivity contribution in [3.63, 3.8) is 0 Å². The van der Waals surface area contributed by atoms with Gasteiger partial charge in [-0.3, -0.25) is 0 Å². The molecule has 4 heteroatoms. The number of carbonyl (C=O) groups excluding carboxylic acids is 1. The van der Waals surface area contributed by atoms with E-state index >= 15 is 0 Å². The zero-order valence-corrected chi connectivity index (χ0v) is 18.0. The Kier molecular flexibility index (Phi) is 5.50. The minimum absolute atomic E-state index is 0.331. The summed E-state index contributed by atoms with van der Waals surface area (Å²) in [6.45, 7) is 10.8. The maximum atomic E-state index is 12.6. The van der Waals surface area contributed by atoms with Crippen molar-refractivity contribution in [2.24, 2.45) is 35.5 Å². The first-order chi connectivity index (χ1) is 13.8. The van der Waals surface area contributed by atoms with Crippen LogP contribution in [0.5, 0.6) is 0 Å². The average Bonchev–Trinajstić information content (AvgIpc) is 3.37. The highest BCUT2D eigenvalue weighted by Gasteiger charge is 2.55. The Labute approximate surface area is 174 Å². The molecule has 1 aromatic carbocycles. The number of benzene rings is 1. The van der Waals surface area contributed by atoms with Gasteiger partial charge >= 0.3 is 6.09 Å². The number of alkyl carbamates (subject to hydrolysis) is 1. The number of hydrogen-bond donors (Lipinski definition) is 2. The second-order valence-electron chi connectivity index (χ2n) is 10.2.